The normalized spacial score (nSPS) is 12.4. The highest BCUT2D eigenvalue weighted by Crippen LogP contribution is 2.47. The summed E-state index contributed by atoms with van der Waals surface area (Å²) >= 11 is 1.81. The van der Waals surface area contributed by atoms with Gasteiger partial charge in [0.15, 0.2) is 12.2 Å². The van der Waals surface area contributed by atoms with Gasteiger partial charge in [-0.2, -0.15) is 0 Å². The van der Waals surface area contributed by atoms with Crippen molar-refractivity contribution in [3.63, 3.8) is 0 Å². The predicted octanol–water partition coefficient (Wildman–Crippen LogP) is 5.68. The molecule has 0 aliphatic carbocycles. The summed E-state index contributed by atoms with van der Waals surface area (Å²) in [4.78, 5) is 8.73. The van der Waals surface area contributed by atoms with E-state index in [-0.39, 0.29) is 6.61 Å². The molecule has 30 heavy (non-hydrogen) atoms. The van der Waals surface area contributed by atoms with Crippen LogP contribution in [0.25, 0.3) is 11.3 Å². The zero-order valence-electron chi connectivity index (χ0n) is 16.5. The third-order valence-corrected chi connectivity index (χ3v) is 6.41. The minimum absolute atomic E-state index is 0.0627. The first-order valence-electron chi connectivity index (χ1n) is 9.73. The number of rotatable bonds is 5. The molecule has 5 nitrogen and oxygen atoms in total. The maximum Gasteiger partial charge on any atom is 0.181 e. The van der Waals surface area contributed by atoms with Crippen LogP contribution >= 0.6 is 11.8 Å². The van der Waals surface area contributed by atoms with Gasteiger partial charge in [-0.3, -0.25) is 0 Å². The quantitative estimate of drug-likeness (QED) is 0.437. The Morgan fingerprint density at radius 1 is 1.03 bits per heavy atom. The number of hydrogen-bond donors (Lipinski definition) is 2. The monoisotopic (exact) mass is 415 g/mol. The SMILES string of the molecule is CN1c2ccccc2Sc2cc(CNc3ccc(-c4cnco4)c(CO)c3)ccc21. The summed E-state index contributed by atoms with van der Waals surface area (Å²) in [5, 5.41) is 13.2. The molecule has 4 aromatic rings. The number of benzene rings is 3. The number of nitrogens with one attached hydrogen (secondary N) is 1. The molecule has 0 radical (unpaired) electrons. The topological polar surface area (TPSA) is 61.5 Å². The van der Waals surface area contributed by atoms with E-state index in [2.05, 4.69) is 64.7 Å². The van der Waals surface area contributed by atoms with E-state index in [1.165, 1.54) is 33.1 Å². The molecular weight excluding hydrogens is 394 g/mol. The fourth-order valence-corrected chi connectivity index (χ4v) is 4.94. The minimum Gasteiger partial charge on any atom is -0.444 e. The molecule has 0 saturated carbocycles. The summed E-state index contributed by atoms with van der Waals surface area (Å²) in [5.74, 6) is 0.654. The van der Waals surface area contributed by atoms with Crippen molar-refractivity contribution in [2.24, 2.45) is 0 Å². The number of hydrogen-bond acceptors (Lipinski definition) is 6. The molecule has 0 unspecified atom stereocenters. The van der Waals surface area contributed by atoms with Crippen LogP contribution in [0.2, 0.25) is 0 Å². The number of anilines is 3. The van der Waals surface area contributed by atoms with Gasteiger partial charge in [0.05, 0.1) is 24.2 Å². The van der Waals surface area contributed by atoms with Gasteiger partial charge in [0.25, 0.3) is 0 Å². The van der Waals surface area contributed by atoms with Gasteiger partial charge < -0.3 is 19.7 Å². The molecule has 2 N–H and O–H groups in total. The highest BCUT2D eigenvalue weighted by atomic mass is 32.2. The Kier molecular flexibility index (Phi) is 4.94. The lowest BCUT2D eigenvalue weighted by Gasteiger charge is -2.29. The van der Waals surface area contributed by atoms with Gasteiger partial charge in [-0.25, -0.2) is 4.98 Å². The average molecular weight is 416 g/mol. The number of para-hydroxylation sites is 1. The highest BCUT2D eigenvalue weighted by molar-refractivity contribution is 7.99. The highest BCUT2D eigenvalue weighted by Gasteiger charge is 2.20. The standard InChI is InChI=1S/C24H21N3O2S/c1-27-20-4-2-3-5-23(20)30-24-10-16(6-9-21(24)27)12-26-18-7-8-19(17(11-18)14-28)22-13-25-15-29-22/h2-11,13,15,26,28H,12,14H2,1H3. The fraction of sp³-hybridized carbons (Fsp3) is 0.125. The molecular formula is C24H21N3O2S. The Hall–Kier alpha value is -3.22. The molecule has 3 aromatic carbocycles. The molecule has 0 amide bonds. The van der Waals surface area contributed by atoms with E-state index >= 15 is 0 Å². The van der Waals surface area contributed by atoms with Crippen LogP contribution in [0.15, 0.2) is 87.5 Å². The van der Waals surface area contributed by atoms with Crippen molar-refractivity contribution in [1.82, 2.24) is 4.98 Å². The van der Waals surface area contributed by atoms with Crippen LogP contribution in [0.3, 0.4) is 0 Å². The number of aliphatic hydroxyl groups is 1. The first-order valence-corrected chi connectivity index (χ1v) is 10.5. The lowest BCUT2D eigenvalue weighted by molar-refractivity contribution is 0.282. The van der Waals surface area contributed by atoms with Crippen molar-refractivity contribution in [3.8, 4) is 11.3 Å². The predicted molar refractivity (Wildman–Crippen MR) is 120 cm³/mol. The Balaban J connectivity index is 1.34. The Bertz CT molecular complexity index is 1190. The van der Waals surface area contributed by atoms with Gasteiger partial charge in [0.2, 0.25) is 0 Å². The molecule has 2 heterocycles. The molecule has 5 rings (SSSR count). The van der Waals surface area contributed by atoms with Crippen LogP contribution in [0, 0.1) is 0 Å². The van der Waals surface area contributed by atoms with E-state index in [1.54, 1.807) is 6.20 Å². The number of aliphatic hydroxyl groups excluding tert-OH is 1. The second-order valence-electron chi connectivity index (χ2n) is 7.18. The molecule has 6 heteroatoms. The van der Waals surface area contributed by atoms with Gasteiger partial charge >= 0.3 is 0 Å². The van der Waals surface area contributed by atoms with Gasteiger partial charge in [-0.15, -0.1) is 0 Å². The number of fused-ring (bicyclic) bond motifs is 2. The maximum absolute atomic E-state index is 9.77. The first kappa shape index (κ1) is 18.8. The lowest BCUT2D eigenvalue weighted by atomic mass is 10.1. The third kappa shape index (κ3) is 3.44. The van der Waals surface area contributed by atoms with E-state index in [0.717, 1.165) is 16.8 Å². The van der Waals surface area contributed by atoms with Gasteiger partial charge in [-0.1, -0.05) is 30.0 Å². The van der Waals surface area contributed by atoms with E-state index in [9.17, 15) is 5.11 Å². The molecule has 1 aliphatic rings. The second kappa shape index (κ2) is 7.89. The Morgan fingerprint density at radius 3 is 2.73 bits per heavy atom. The van der Waals surface area contributed by atoms with Gasteiger partial charge in [-0.05, 0) is 53.6 Å². The largest absolute Gasteiger partial charge is 0.444 e. The van der Waals surface area contributed by atoms with Crippen LogP contribution < -0.4 is 10.2 Å². The molecule has 0 fully saturated rings. The molecule has 0 saturated heterocycles. The summed E-state index contributed by atoms with van der Waals surface area (Å²) in [6, 6.07) is 21.0. The Morgan fingerprint density at radius 2 is 1.90 bits per heavy atom. The number of aromatic nitrogens is 1. The van der Waals surface area contributed by atoms with E-state index in [0.29, 0.717) is 12.3 Å². The van der Waals surface area contributed by atoms with Crippen LogP contribution in [0.1, 0.15) is 11.1 Å². The fourth-order valence-electron chi connectivity index (χ4n) is 3.72. The van der Waals surface area contributed by atoms with Crippen molar-refractivity contribution in [1.29, 1.82) is 0 Å². The van der Waals surface area contributed by atoms with Crippen molar-refractivity contribution >= 4 is 28.8 Å². The zero-order valence-corrected chi connectivity index (χ0v) is 17.3. The lowest BCUT2D eigenvalue weighted by Crippen LogP contribution is -2.14. The molecule has 150 valence electrons. The smallest absolute Gasteiger partial charge is 0.181 e. The van der Waals surface area contributed by atoms with Crippen molar-refractivity contribution < 1.29 is 9.52 Å². The van der Waals surface area contributed by atoms with Crippen molar-refractivity contribution in [2.75, 3.05) is 17.3 Å². The molecule has 1 aromatic heterocycles. The van der Waals surface area contributed by atoms with E-state index < -0.39 is 0 Å². The zero-order chi connectivity index (χ0) is 20.5. The maximum atomic E-state index is 9.77. The second-order valence-corrected chi connectivity index (χ2v) is 8.26. The van der Waals surface area contributed by atoms with Crippen LogP contribution in [-0.2, 0) is 13.2 Å². The minimum atomic E-state index is -0.0627. The number of oxazole rings is 1. The third-order valence-electron chi connectivity index (χ3n) is 5.30. The van der Waals surface area contributed by atoms with Crippen molar-refractivity contribution in [2.45, 2.75) is 22.9 Å². The molecule has 0 spiro atoms. The average Bonchev–Trinajstić information content (AvgIpc) is 3.32. The molecule has 0 atom stereocenters. The Labute approximate surface area is 179 Å². The van der Waals surface area contributed by atoms with Crippen LogP contribution in [0.5, 0.6) is 0 Å². The summed E-state index contributed by atoms with van der Waals surface area (Å²) in [6.45, 7) is 0.637. The van der Waals surface area contributed by atoms with E-state index in [4.69, 9.17) is 4.42 Å². The summed E-state index contributed by atoms with van der Waals surface area (Å²) < 4.78 is 5.37. The molecule has 1 aliphatic heterocycles. The first-order chi connectivity index (χ1) is 14.7. The van der Waals surface area contributed by atoms with Gasteiger partial charge in [0, 0.05) is 34.6 Å². The summed E-state index contributed by atoms with van der Waals surface area (Å²) in [6.07, 6.45) is 3.05. The number of nitrogens with zero attached hydrogens (tertiary/aromatic N) is 2. The van der Waals surface area contributed by atoms with Crippen molar-refractivity contribution in [3.05, 3.63) is 84.4 Å². The van der Waals surface area contributed by atoms with Gasteiger partial charge in [0.1, 0.15) is 0 Å². The van der Waals surface area contributed by atoms with Crippen LogP contribution in [-0.4, -0.2) is 17.1 Å². The summed E-state index contributed by atoms with van der Waals surface area (Å²) in [7, 11) is 2.11. The van der Waals surface area contributed by atoms with E-state index in [1.807, 2.05) is 30.0 Å². The summed E-state index contributed by atoms with van der Waals surface area (Å²) in [5.41, 5.74) is 6.28. The molecule has 0 bridgehead atoms. The van der Waals surface area contributed by atoms with Crippen LogP contribution in [0.4, 0.5) is 17.1 Å².